The molecule has 0 saturated heterocycles. The molecule has 2 aromatic rings. The second-order valence-electron chi connectivity index (χ2n) is 16.3. The van der Waals surface area contributed by atoms with Crippen LogP contribution in [0.15, 0.2) is 59.7 Å². The average Bonchev–Trinajstić information content (AvgIpc) is 3.54. The minimum Gasteiger partial charge on any atom is -0.493 e. The number of aryl methyl sites for hydroxylation is 2. The smallest absolute Gasteiger partial charge is 0.223 e. The zero-order valence-electron chi connectivity index (χ0n) is 38.9. The van der Waals surface area contributed by atoms with E-state index in [0.29, 0.717) is 13.2 Å². The molecule has 1 heterocycles. The Morgan fingerprint density at radius 2 is 0.864 bits per heavy atom. The second-order valence-corrected chi connectivity index (χ2v) is 16.3. The monoisotopic (exact) mass is 855 g/mol. The molecule has 5 heteroatoms. The van der Waals surface area contributed by atoms with E-state index in [0.717, 1.165) is 85.9 Å². The van der Waals surface area contributed by atoms with E-state index in [-0.39, 0.29) is 16.5 Å². The number of aliphatic hydroxyl groups is 2. The zero-order valence-corrected chi connectivity index (χ0v) is 39.9. The molecule has 0 spiro atoms. The maximum atomic E-state index is 11.9. The fraction of sp³-hybridized carbons (Fsp3) is 0.667. The van der Waals surface area contributed by atoms with Gasteiger partial charge in [-0.2, -0.15) is 0 Å². The van der Waals surface area contributed by atoms with Crippen LogP contribution in [-0.4, -0.2) is 28.1 Å². The first-order valence-corrected chi connectivity index (χ1v) is 24.3. The Balaban J connectivity index is 0.00000341. The Kier molecular flexibility index (Phi) is 37.9. The molecule has 3 rings (SSSR count). The molecule has 0 bridgehead atoms. The predicted octanol–water partition coefficient (Wildman–Crippen LogP) is 16.2. The van der Waals surface area contributed by atoms with E-state index in [1.807, 2.05) is 13.8 Å². The zero-order chi connectivity index (χ0) is 42.5. The van der Waals surface area contributed by atoms with E-state index >= 15 is 0 Å². The van der Waals surface area contributed by atoms with Crippen molar-refractivity contribution in [2.24, 2.45) is 0 Å². The van der Waals surface area contributed by atoms with Gasteiger partial charge in [-0.05, 0) is 80.3 Å². The van der Waals surface area contributed by atoms with E-state index in [4.69, 9.17) is 10.2 Å². The van der Waals surface area contributed by atoms with Crippen LogP contribution in [0.2, 0.25) is 0 Å². The number of benzene rings is 2. The molecule has 0 radical (unpaired) electrons. The van der Waals surface area contributed by atoms with Crippen molar-refractivity contribution >= 4 is 11.4 Å². The third kappa shape index (κ3) is 25.1. The normalized spacial score (nSPS) is 12.0. The summed E-state index contributed by atoms with van der Waals surface area (Å²) in [5, 5.41) is 15.8. The molecule has 0 unspecified atom stereocenters. The summed E-state index contributed by atoms with van der Waals surface area (Å²) in [7, 11) is 0. The molecule has 0 atom stereocenters. The van der Waals surface area contributed by atoms with Gasteiger partial charge in [-0.3, -0.25) is 0 Å². The minimum atomic E-state index is 0. The number of unbranched alkanes of at least 4 members (excludes halogenated alkanes) is 21. The van der Waals surface area contributed by atoms with Crippen LogP contribution in [-0.2, 0) is 29.3 Å². The molecule has 0 fully saturated rings. The van der Waals surface area contributed by atoms with Gasteiger partial charge in [0.25, 0.3) is 0 Å². The second kappa shape index (κ2) is 39.6. The molecule has 0 amide bonds. The van der Waals surface area contributed by atoms with Crippen LogP contribution >= 0.6 is 0 Å². The first-order chi connectivity index (χ1) is 28.5. The Morgan fingerprint density at radius 3 is 1.24 bits per heavy atom. The van der Waals surface area contributed by atoms with Crippen molar-refractivity contribution in [1.29, 1.82) is 0 Å². The van der Waals surface area contributed by atoms with Gasteiger partial charge in [-0.25, -0.2) is 4.70 Å². The van der Waals surface area contributed by atoms with E-state index in [1.54, 1.807) is 0 Å². The third-order valence-corrected chi connectivity index (χ3v) is 11.1. The molecule has 0 aliphatic carbocycles. The van der Waals surface area contributed by atoms with Crippen LogP contribution < -0.4 is 0 Å². The summed E-state index contributed by atoms with van der Waals surface area (Å²) in [6.07, 6.45) is 35.7. The largest absolute Gasteiger partial charge is 0.493 e. The number of aliphatic hydroxyl groups excluding tert-OH is 2. The first-order valence-electron chi connectivity index (χ1n) is 24.3. The van der Waals surface area contributed by atoms with E-state index in [2.05, 4.69) is 88.1 Å². The maximum Gasteiger partial charge on any atom is 0.223 e. The molecule has 0 saturated carbocycles. The Bertz CT molecular complexity index is 1460. The number of nitrogens with zero attached hydrogens (tertiary/aromatic N) is 2. The van der Waals surface area contributed by atoms with E-state index in [1.165, 1.54) is 143 Å². The molecule has 336 valence electrons. The van der Waals surface area contributed by atoms with Crippen LogP contribution in [0, 0.1) is 11.8 Å². The third-order valence-electron chi connectivity index (χ3n) is 11.1. The van der Waals surface area contributed by atoms with Crippen LogP contribution in [0.5, 0.6) is 0 Å². The van der Waals surface area contributed by atoms with Gasteiger partial charge >= 0.3 is 0 Å². The van der Waals surface area contributed by atoms with Crippen molar-refractivity contribution < 1.29 is 31.4 Å². The van der Waals surface area contributed by atoms with Gasteiger partial charge in [-0.15, -0.1) is 0 Å². The number of hydrogen-bond acceptors (Lipinski definition) is 2. The van der Waals surface area contributed by atoms with Gasteiger partial charge in [0.15, 0.2) is 0 Å². The van der Waals surface area contributed by atoms with Gasteiger partial charge in [-0.1, -0.05) is 206 Å². The molecular formula is C54H88N2NiO2. The molecule has 1 aliphatic rings. The minimum absolute atomic E-state index is 0. The molecular weight excluding hydrogens is 767 g/mol. The molecule has 2 aromatic carbocycles. The Labute approximate surface area is 375 Å². The SMILES string of the molecule is CCCCCCCCCCCCCCCCCCCCCCC#CC1=C(c2cccc(CC)c2)[N+](=[N-])C(c2cccc(CC)c2)=C1CCCC.CCCO.CCCO.[Ni]. The van der Waals surface area contributed by atoms with Crippen LogP contribution in [0.1, 0.15) is 231 Å². The van der Waals surface area contributed by atoms with Gasteiger partial charge in [0.05, 0.1) is 0 Å². The van der Waals surface area contributed by atoms with E-state index in [9.17, 15) is 5.53 Å². The van der Waals surface area contributed by atoms with Crippen LogP contribution in [0.25, 0.3) is 16.9 Å². The molecule has 1 aliphatic heterocycles. The topological polar surface area (TPSA) is 65.8 Å². The fourth-order valence-electron chi connectivity index (χ4n) is 7.40. The van der Waals surface area contributed by atoms with Crippen molar-refractivity contribution in [3.63, 3.8) is 0 Å². The summed E-state index contributed by atoms with van der Waals surface area (Å²) in [4.78, 5) is 0. The van der Waals surface area contributed by atoms with Crippen molar-refractivity contribution in [2.45, 2.75) is 221 Å². The van der Waals surface area contributed by atoms with Crippen molar-refractivity contribution in [1.82, 2.24) is 0 Å². The summed E-state index contributed by atoms with van der Waals surface area (Å²) < 4.78 is 1.45. The molecule has 59 heavy (non-hydrogen) atoms. The summed E-state index contributed by atoms with van der Waals surface area (Å²) in [6.45, 7) is 13.4. The summed E-state index contributed by atoms with van der Waals surface area (Å²) in [5.74, 6) is 7.17. The fourth-order valence-corrected chi connectivity index (χ4v) is 7.40. The van der Waals surface area contributed by atoms with Crippen molar-refractivity contribution in [2.75, 3.05) is 13.2 Å². The van der Waals surface area contributed by atoms with Gasteiger partial charge < -0.3 is 15.7 Å². The first kappa shape index (κ1) is 56.5. The standard InChI is InChI=1S/C48H72N2.2C3H8O.Ni/c1-5-9-11-12-13-14-15-16-17-18-19-20-21-22-23-24-25-26-27-28-29-30-38-46-45(37-10-6-2)47(43-35-31-33-41(7-3)39-43)50(49)48(46)44-36-32-34-42(8-4)40-44;2*1-2-3-4;/h31-36,39-40H,5-29,37H2,1-4H3;2*4H,2-3H2,1H3;. The van der Waals surface area contributed by atoms with Gasteiger partial charge in [0.2, 0.25) is 11.4 Å². The summed E-state index contributed by atoms with van der Waals surface area (Å²) in [5.41, 5.74) is 20.5. The van der Waals surface area contributed by atoms with E-state index < -0.39 is 0 Å². The van der Waals surface area contributed by atoms with Gasteiger partial charge in [0.1, 0.15) is 5.57 Å². The molecule has 4 nitrogen and oxygen atoms in total. The molecule has 2 N–H and O–H groups in total. The number of rotatable bonds is 29. The van der Waals surface area contributed by atoms with Crippen molar-refractivity contribution in [3.05, 3.63) is 87.5 Å². The van der Waals surface area contributed by atoms with Crippen molar-refractivity contribution in [3.8, 4) is 11.8 Å². The molecule has 0 aromatic heterocycles. The van der Waals surface area contributed by atoms with Gasteiger partial charge in [0, 0.05) is 52.8 Å². The van der Waals surface area contributed by atoms with Crippen LogP contribution in [0.3, 0.4) is 0 Å². The quantitative estimate of drug-likeness (QED) is 0.0370. The summed E-state index contributed by atoms with van der Waals surface area (Å²) >= 11 is 0. The number of hydrogen-bond donors (Lipinski definition) is 2. The summed E-state index contributed by atoms with van der Waals surface area (Å²) in [6, 6.07) is 17.3. The Morgan fingerprint density at radius 1 is 0.492 bits per heavy atom. The average molecular weight is 856 g/mol. The van der Waals surface area contributed by atoms with Crippen LogP contribution in [0.4, 0.5) is 0 Å². The Hall–Kier alpha value is -2.51. The maximum absolute atomic E-state index is 11.9. The predicted molar refractivity (Wildman–Crippen MR) is 254 cm³/mol. The number of allylic oxidation sites excluding steroid dienone is 2.